The molecule has 3 amide bonds. The maximum Gasteiger partial charge on any atom is 0.407 e. The minimum atomic E-state index is -4.96. The van der Waals surface area contributed by atoms with Crippen molar-refractivity contribution in [2.24, 2.45) is 10.8 Å². The van der Waals surface area contributed by atoms with Gasteiger partial charge in [-0.15, -0.1) is 0 Å². The fourth-order valence-corrected chi connectivity index (χ4v) is 4.24. The standard InChI is InChI=1S/C29H38F8N6O5/c1-26(2,28(32,33)34)13-22(45)39-19(12-16-6-8-17(9-7-16)18-10-11-43(42-18)15-21(30)31)20(44)14-38-41-24(46)23(40-25(47)48-5)27(3,4)29(35,36)37/h6-11,19-21,23,38,44H,12-15H2,1-5H3,(H,39,45)(H,40,47)(H,41,46)/t19-,20-,23+/m0/s1. The number of aliphatic hydroxyl groups is 1. The lowest BCUT2D eigenvalue weighted by molar-refractivity contribution is -0.220. The Hall–Kier alpha value is -4.00. The maximum absolute atomic E-state index is 13.7. The van der Waals surface area contributed by atoms with Crippen molar-refractivity contribution in [3.63, 3.8) is 0 Å². The van der Waals surface area contributed by atoms with Crippen LogP contribution in [0.2, 0.25) is 0 Å². The van der Waals surface area contributed by atoms with Crippen molar-refractivity contribution in [2.75, 3.05) is 13.7 Å². The topological polar surface area (TPSA) is 147 Å². The molecule has 3 atom stereocenters. The predicted molar refractivity (Wildman–Crippen MR) is 155 cm³/mol. The van der Waals surface area contributed by atoms with Crippen LogP contribution in [0.3, 0.4) is 0 Å². The van der Waals surface area contributed by atoms with Gasteiger partial charge in [0.1, 0.15) is 12.6 Å². The number of aliphatic hydroxyl groups excluding tert-OH is 1. The minimum Gasteiger partial charge on any atom is -0.453 e. The number of ether oxygens (including phenoxy) is 1. The number of nitrogens with zero attached hydrogens (tertiary/aromatic N) is 2. The number of carbonyl (C=O) groups is 3. The van der Waals surface area contributed by atoms with Gasteiger partial charge < -0.3 is 20.5 Å². The van der Waals surface area contributed by atoms with Gasteiger partial charge in [0.15, 0.2) is 0 Å². The van der Waals surface area contributed by atoms with Gasteiger partial charge in [0.05, 0.1) is 35.8 Å². The number of alkyl carbamates (subject to hydrolysis) is 1. The van der Waals surface area contributed by atoms with E-state index in [2.05, 4.69) is 20.6 Å². The highest BCUT2D eigenvalue weighted by molar-refractivity contribution is 5.86. The Balaban J connectivity index is 2.23. The highest BCUT2D eigenvalue weighted by Crippen LogP contribution is 2.41. The Kier molecular flexibility index (Phi) is 13.3. The SMILES string of the molecule is COC(=O)N[C@H](C(=O)NNC[C@H](O)[C@H](Cc1ccc(-c2ccn(CC(F)F)n2)cc1)NC(=O)CC(C)(C)C(F)(F)F)C(C)(C)C(F)(F)F. The number of alkyl halides is 8. The Morgan fingerprint density at radius 2 is 1.54 bits per heavy atom. The van der Waals surface area contributed by atoms with Gasteiger partial charge in [-0.3, -0.25) is 19.7 Å². The van der Waals surface area contributed by atoms with Gasteiger partial charge in [-0.25, -0.2) is 19.0 Å². The number of methoxy groups -OCH3 is 1. The molecule has 0 aliphatic carbocycles. The lowest BCUT2D eigenvalue weighted by Crippen LogP contribution is -2.61. The molecular formula is C29H38F8N6O5. The number of nitrogens with one attached hydrogen (secondary N) is 4. The van der Waals surface area contributed by atoms with Crippen LogP contribution >= 0.6 is 0 Å². The first-order valence-electron chi connectivity index (χ1n) is 14.4. The van der Waals surface area contributed by atoms with Gasteiger partial charge in [0.25, 0.3) is 12.3 Å². The third-order valence-corrected chi connectivity index (χ3v) is 7.54. The van der Waals surface area contributed by atoms with Gasteiger partial charge >= 0.3 is 18.4 Å². The minimum absolute atomic E-state index is 0.164. The van der Waals surface area contributed by atoms with E-state index in [1.54, 1.807) is 24.3 Å². The molecule has 2 rings (SSSR count). The second kappa shape index (κ2) is 15.9. The molecule has 5 N–H and O–H groups in total. The summed E-state index contributed by atoms with van der Waals surface area (Å²) in [6.07, 6.45) is -15.1. The van der Waals surface area contributed by atoms with E-state index in [-0.39, 0.29) is 6.42 Å². The van der Waals surface area contributed by atoms with Crippen molar-refractivity contribution in [3.05, 3.63) is 42.1 Å². The second-order valence-electron chi connectivity index (χ2n) is 12.2. The highest BCUT2D eigenvalue weighted by Gasteiger charge is 2.55. The van der Waals surface area contributed by atoms with Gasteiger partial charge in [-0.1, -0.05) is 38.1 Å². The van der Waals surface area contributed by atoms with Crippen molar-refractivity contribution in [2.45, 2.75) is 84.0 Å². The number of aromatic nitrogens is 2. The zero-order valence-electron chi connectivity index (χ0n) is 26.6. The summed E-state index contributed by atoms with van der Waals surface area (Å²) in [6.45, 7) is 1.73. The summed E-state index contributed by atoms with van der Waals surface area (Å²) in [6, 6.07) is 4.26. The van der Waals surface area contributed by atoms with Crippen LogP contribution < -0.4 is 21.5 Å². The fraction of sp³-hybridized carbons (Fsp3) is 0.586. The Labute approximate surface area is 270 Å². The van der Waals surface area contributed by atoms with Crippen molar-refractivity contribution in [1.29, 1.82) is 0 Å². The first kappa shape index (κ1) is 40.2. The molecule has 1 aromatic carbocycles. The molecule has 2 aromatic rings. The van der Waals surface area contributed by atoms with Crippen LogP contribution in [0, 0.1) is 10.8 Å². The average molecular weight is 703 g/mol. The first-order chi connectivity index (χ1) is 22.0. The number of hydrogen-bond acceptors (Lipinski definition) is 7. The molecule has 0 bridgehead atoms. The summed E-state index contributed by atoms with van der Waals surface area (Å²) in [5, 5.41) is 19.1. The third kappa shape index (κ3) is 11.0. The molecule has 0 unspecified atom stereocenters. The zero-order valence-corrected chi connectivity index (χ0v) is 26.6. The van der Waals surface area contributed by atoms with Gasteiger partial charge in [-0.2, -0.15) is 31.4 Å². The van der Waals surface area contributed by atoms with E-state index < -0.39 is 85.2 Å². The van der Waals surface area contributed by atoms with Gasteiger partial charge in [-0.05, 0) is 31.9 Å². The molecule has 0 aliphatic heterocycles. The quantitative estimate of drug-likeness (QED) is 0.139. The number of rotatable bonds is 15. The molecule has 1 heterocycles. The van der Waals surface area contributed by atoms with Crippen LogP contribution in [-0.2, 0) is 27.3 Å². The molecule has 0 aliphatic rings. The van der Waals surface area contributed by atoms with Crippen LogP contribution in [0.25, 0.3) is 11.3 Å². The summed E-state index contributed by atoms with van der Waals surface area (Å²) < 4.78 is 112. The van der Waals surface area contributed by atoms with Gasteiger partial charge in [0.2, 0.25) is 5.91 Å². The molecule has 0 radical (unpaired) electrons. The maximum atomic E-state index is 13.7. The van der Waals surface area contributed by atoms with Gasteiger partial charge in [0, 0.05) is 24.7 Å². The molecule has 0 saturated carbocycles. The Bertz CT molecular complexity index is 1380. The fourth-order valence-electron chi connectivity index (χ4n) is 4.24. The van der Waals surface area contributed by atoms with Crippen LogP contribution in [0.4, 0.5) is 39.9 Å². The summed E-state index contributed by atoms with van der Waals surface area (Å²) in [5.41, 5.74) is 0.329. The van der Waals surface area contributed by atoms with E-state index >= 15 is 0 Å². The summed E-state index contributed by atoms with van der Waals surface area (Å²) >= 11 is 0. The van der Waals surface area contributed by atoms with E-state index in [1.807, 2.05) is 10.7 Å². The zero-order chi connectivity index (χ0) is 36.7. The Morgan fingerprint density at radius 3 is 2.06 bits per heavy atom. The number of halogens is 8. The summed E-state index contributed by atoms with van der Waals surface area (Å²) in [7, 11) is 0.877. The van der Waals surface area contributed by atoms with E-state index in [0.717, 1.165) is 25.6 Å². The summed E-state index contributed by atoms with van der Waals surface area (Å²) in [5.74, 6) is -2.44. The van der Waals surface area contributed by atoms with Crippen LogP contribution in [-0.4, -0.2) is 83.4 Å². The number of carbonyl (C=O) groups excluding carboxylic acids is 3. The number of amides is 3. The predicted octanol–water partition coefficient (Wildman–Crippen LogP) is 4.12. The van der Waals surface area contributed by atoms with Crippen molar-refractivity contribution < 1.29 is 59.4 Å². The molecule has 11 nitrogen and oxygen atoms in total. The smallest absolute Gasteiger partial charge is 0.407 e. The van der Waals surface area contributed by atoms with Crippen LogP contribution in [0.1, 0.15) is 39.7 Å². The third-order valence-electron chi connectivity index (χ3n) is 7.54. The summed E-state index contributed by atoms with van der Waals surface area (Å²) in [4.78, 5) is 37.1. The number of hydrogen-bond donors (Lipinski definition) is 5. The Morgan fingerprint density at radius 1 is 0.938 bits per heavy atom. The lowest BCUT2D eigenvalue weighted by atomic mass is 9.83. The van der Waals surface area contributed by atoms with Crippen molar-refractivity contribution in [1.82, 2.24) is 31.3 Å². The second-order valence-corrected chi connectivity index (χ2v) is 12.2. The first-order valence-corrected chi connectivity index (χ1v) is 14.4. The van der Waals surface area contributed by atoms with E-state index in [4.69, 9.17) is 0 Å². The molecule has 19 heteroatoms. The molecule has 48 heavy (non-hydrogen) atoms. The van der Waals surface area contributed by atoms with Crippen LogP contribution in [0.5, 0.6) is 0 Å². The van der Waals surface area contributed by atoms with E-state index in [9.17, 15) is 54.6 Å². The molecule has 0 saturated heterocycles. The largest absolute Gasteiger partial charge is 0.453 e. The molecule has 0 spiro atoms. The van der Waals surface area contributed by atoms with Crippen LogP contribution in [0.15, 0.2) is 36.5 Å². The average Bonchev–Trinajstić information content (AvgIpc) is 3.41. The lowest BCUT2D eigenvalue weighted by Gasteiger charge is -2.35. The van der Waals surface area contributed by atoms with Crippen molar-refractivity contribution >= 4 is 17.9 Å². The van der Waals surface area contributed by atoms with Crippen molar-refractivity contribution in [3.8, 4) is 11.3 Å². The number of hydrazine groups is 1. The monoisotopic (exact) mass is 702 g/mol. The number of benzene rings is 1. The normalized spacial score (nSPS) is 14.6. The molecular weight excluding hydrogens is 664 g/mol. The molecule has 0 fully saturated rings. The molecule has 270 valence electrons. The van der Waals surface area contributed by atoms with E-state index in [0.29, 0.717) is 30.7 Å². The highest BCUT2D eigenvalue weighted by atomic mass is 19.4. The van der Waals surface area contributed by atoms with E-state index in [1.165, 1.54) is 12.3 Å². The molecule has 1 aromatic heterocycles.